The second kappa shape index (κ2) is 30.3. The van der Waals surface area contributed by atoms with Gasteiger partial charge in [-0.2, -0.15) is 0 Å². The van der Waals surface area contributed by atoms with Gasteiger partial charge in [0.05, 0.1) is 11.2 Å². The summed E-state index contributed by atoms with van der Waals surface area (Å²) in [5, 5.41) is 1.34. The minimum absolute atomic E-state index is 0.0995. The van der Waals surface area contributed by atoms with Gasteiger partial charge < -0.3 is 9.80 Å². The Bertz CT molecular complexity index is 1410. The first-order valence-electron chi connectivity index (χ1n) is 22.6. The summed E-state index contributed by atoms with van der Waals surface area (Å²) in [6.07, 6.45) is 10.0. The summed E-state index contributed by atoms with van der Waals surface area (Å²) in [6, 6.07) is 12.0. The first-order valence-corrected chi connectivity index (χ1v) is 22.6. The zero-order valence-electron chi connectivity index (χ0n) is 39.3. The molecule has 6 heteroatoms. The Morgan fingerprint density at radius 1 is 0.679 bits per heavy atom. The van der Waals surface area contributed by atoms with E-state index in [9.17, 15) is 4.39 Å². The fourth-order valence-corrected chi connectivity index (χ4v) is 7.59. The SMILES string of the molecule is C=C.CC.CC.CC.CCCC.CCN1CCC(N2CCN(C3CCN(c4c(C)cnc5ccc(C(C)C)cc45)CC3)CC2)CC1.Cc1cc(C)c(C)c(F)c1. The van der Waals surface area contributed by atoms with Crippen LogP contribution in [0.25, 0.3) is 10.9 Å². The van der Waals surface area contributed by atoms with Crippen molar-refractivity contribution in [3.05, 3.63) is 83.3 Å². The monoisotopic (exact) mass is 778 g/mol. The summed E-state index contributed by atoms with van der Waals surface area (Å²) in [5.41, 5.74) is 8.05. The first-order chi connectivity index (χ1) is 27.1. The smallest absolute Gasteiger partial charge is 0.126 e. The largest absolute Gasteiger partial charge is 0.371 e. The molecular weight excluding hydrogens is 690 g/mol. The topological polar surface area (TPSA) is 25.9 Å². The average Bonchev–Trinajstić information content (AvgIpc) is 3.26. The molecule has 320 valence electrons. The van der Waals surface area contributed by atoms with Crippen molar-refractivity contribution < 1.29 is 4.39 Å². The maximum Gasteiger partial charge on any atom is 0.126 e. The minimum atomic E-state index is -0.0995. The summed E-state index contributed by atoms with van der Waals surface area (Å²) < 4.78 is 12.8. The molecule has 0 spiro atoms. The van der Waals surface area contributed by atoms with Crippen LogP contribution in [0.4, 0.5) is 10.1 Å². The Morgan fingerprint density at radius 3 is 1.59 bits per heavy atom. The number of hydrogen-bond acceptors (Lipinski definition) is 5. The Kier molecular flexibility index (Phi) is 28.8. The highest BCUT2D eigenvalue weighted by Gasteiger charge is 2.31. The molecular formula is C50H88FN5. The number of halogens is 1. The van der Waals surface area contributed by atoms with E-state index in [1.54, 1.807) is 13.0 Å². The molecule has 3 saturated heterocycles. The lowest BCUT2D eigenvalue weighted by Gasteiger charge is -2.46. The maximum atomic E-state index is 12.8. The van der Waals surface area contributed by atoms with Crippen molar-refractivity contribution in [1.82, 2.24) is 19.7 Å². The maximum absolute atomic E-state index is 12.8. The fourth-order valence-electron chi connectivity index (χ4n) is 7.59. The molecule has 3 aliphatic rings. The number of pyridine rings is 1. The van der Waals surface area contributed by atoms with E-state index in [0.29, 0.717) is 5.92 Å². The van der Waals surface area contributed by atoms with Crippen LogP contribution in [0.15, 0.2) is 49.7 Å². The van der Waals surface area contributed by atoms with E-state index >= 15 is 0 Å². The van der Waals surface area contributed by atoms with Crippen LogP contribution in [0.2, 0.25) is 0 Å². The summed E-state index contributed by atoms with van der Waals surface area (Å²) in [4.78, 5) is 15.6. The number of piperazine rings is 1. The molecule has 0 radical (unpaired) electrons. The van der Waals surface area contributed by atoms with Crippen molar-refractivity contribution in [1.29, 1.82) is 0 Å². The van der Waals surface area contributed by atoms with E-state index in [0.717, 1.165) is 47.4 Å². The fraction of sp³-hybridized carbons (Fsp3) is 0.660. The molecule has 3 fully saturated rings. The lowest BCUT2D eigenvalue weighted by atomic mass is 9.97. The van der Waals surface area contributed by atoms with E-state index in [4.69, 9.17) is 4.98 Å². The predicted molar refractivity (Wildman–Crippen MR) is 251 cm³/mol. The highest BCUT2D eigenvalue weighted by atomic mass is 19.1. The third-order valence-electron chi connectivity index (χ3n) is 11.1. The molecule has 3 aliphatic heterocycles. The molecule has 1 aromatic heterocycles. The Hall–Kier alpha value is -2.80. The zero-order chi connectivity index (χ0) is 42.8. The Morgan fingerprint density at radius 2 is 1.16 bits per heavy atom. The molecule has 4 heterocycles. The number of benzene rings is 2. The van der Waals surface area contributed by atoms with E-state index < -0.39 is 0 Å². The van der Waals surface area contributed by atoms with Gasteiger partial charge in [0.1, 0.15) is 5.82 Å². The first kappa shape index (κ1) is 53.2. The second-order valence-corrected chi connectivity index (χ2v) is 14.9. The van der Waals surface area contributed by atoms with Gasteiger partial charge in [-0.15, -0.1) is 13.2 Å². The molecule has 0 unspecified atom stereocenters. The van der Waals surface area contributed by atoms with Crippen LogP contribution in [0.1, 0.15) is 148 Å². The van der Waals surface area contributed by atoms with Crippen LogP contribution in [0.5, 0.6) is 0 Å². The molecule has 0 amide bonds. The highest BCUT2D eigenvalue weighted by Crippen LogP contribution is 2.34. The number of hydrogen-bond donors (Lipinski definition) is 0. The molecule has 56 heavy (non-hydrogen) atoms. The molecule has 2 aromatic carbocycles. The number of rotatable bonds is 6. The number of unbranched alkanes of at least 4 members (excludes halogenated alkanes) is 1. The van der Waals surface area contributed by atoms with Gasteiger partial charge in [-0.1, -0.05) is 101 Å². The van der Waals surface area contributed by atoms with Crippen molar-refractivity contribution in [2.24, 2.45) is 0 Å². The van der Waals surface area contributed by atoms with Crippen molar-refractivity contribution >= 4 is 16.6 Å². The van der Waals surface area contributed by atoms with Crippen molar-refractivity contribution in [2.75, 3.05) is 63.8 Å². The van der Waals surface area contributed by atoms with E-state index in [1.807, 2.05) is 61.5 Å². The third kappa shape index (κ3) is 16.6. The van der Waals surface area contributed by atoms with Gasteiger partial charge in [0.25, 0.3) is 0 Å². The van der Waals surface area contributed by atoms with Gasteiger partial charge in [-0.3, -0.25) is 14.8 Å². The van der Waals surface area contributed by atoms with E-state index in [1.165, 1.54) is 107 Å². The van der Waals surface area contributed by atoms with Crippen LogP contribution < -0.4 is 4.90 Å². The summed E-state index contributed by atoms with van der Waals surface area (Å²) in [5.74, 6) is 0.443. The van der Waals surface area contributed by atoms with Crippen molar-refractivity contribution in [3.63, 3.8) is 0 Å². The van der Waals surface area contributed by atoms with E-state index in [2.05, 4.69) is 98.7 Å². The number of nitrogens with zero attached hydrogens (tertiary/aromatic N) is 5. The van der Waals surface area contributed by atoms with Crippen LogP contribution in [-0.4, -0.2) is 90.7 Å². The molecule has 0 bridgehead atoms. The quantitative estimate of drug-likeness (QED) is 0.232. The highest BCUT2D eigenvalue weighted by molar-refractivity contribution is 5.93. The van der Waals surface area contributed by atoms with Crippen LogP contribution in [0.3, 0.4) is 0 Å². The zero-order valence-corrected chi connectivity index (χ0v) is 39.3. The van der Waals surface area contributed by atoms with Crippen LogP contribution in [-0.2, 0) is 0 Å². The van der Waals surface area contributed by atoms with Crippen LogP contribution in [0, 0.1) is 33.5 Å². The van der Waals surface area contributed by atoms with Gasteiger partial charge in [0.15, 0.2) is 0 Å². The van der Waals surface area contributed by atoms with Gasteiger partial charge in [0, 0.05) is 62.9 Å². The molecule has 0 N–H and O–H groups in total. The lowest BCUT2D eigenvalue weighted by molar-refractivity contribution is 0.0384. The summed E-state index contributed by atoms with van der Waals surface area (Å²) in [6.45, 7) is 48.2. The number of aromatic nitrogens is 1. The molecule has 6 rings (SSSR count). The lowest BCUT2D eigenvalue weighted by Crippen LogP contribution is -2.56. The van der Waals surface area contributed by atoms with Gasteiger partial charge >= 0.3 is 0 Å². The van der Waals surface area contributed by atoms with Crippen molar-refractivity contribution in [3.8, 4) is 0 Å². The molecule has 5 nitrogen and oxygen atoms in total. The Balaban J connectivity index is 0.00000114. The normalized spacial score (nSPS) is 16.6. The minimum Gasteiger partial charge on any atom is -0.371 e. The van der Waals surface area contributed by atoms with Crippen LogP contribution >= 0.6 is 0 Å². The van der Waals surface area contributed by atoms with Gasteiger partial charge in [-0.25, -0.2) is 4.39 Å². The number of aryl methyl sites for hydroxylation is 3. The third-order valence-corrected chi connectivity index (χ3v) is 11.1. The molecule has 0 aliphatic carbocycles. The number of anilines is 1. The number of likely N-dealkylation sites (tertiary alicyclic amines) is 1. The summed E-state index contributed by atoms with van der Waals surface area (Å²) in [7, 11) is 0. The molecule has 0 saturated carbocycles. The van der Waals surface area contributed by atoms with Gasteiger partial charge in [-0.05, 0) is 125 Å². The van der Waals surface area contributed by atoms with Gasteiger partial charge in [0.2, 0.25) is 0 Å². The standard InChI is InChI=1S/C29H45N5.C9H11F.C4H10.3C2H6.C2H4/c1-5-31-12-8-25(9-13-31)32-16-18-33(19-17-32)26-10-14-34(15-11-26)29-23(4)21-30-28-7-6-24(22(2)3)20-27(28)29;1-6-4-7(2)8(3)9(10)5-6;1-3-4-2;4*1-2/h6-7,20-22,25-26H,5,8-19H2,1-4H3;4-5H,1-3H3;3-4H2,1-2H3;3*1-2H3;1-2H2. The predicted octanol–water partition coefficient (Wildman–Crippen LogP) is 13.2. The molecule has 0 atom stereocenters. The average molecular weight is 778 g/mol. The second-order valence-electron chi connectivity index (χ2n) is 14.9. The summed E-state index contributed by atoms with van der Waals surface area (Å²) >= 11 is 0. The van der Waals surface area contributed by atoms with E-state index in [-0.39, 0.29) is 5.82 Å². The Labute approximate surface area is 347 Å². The molecule has 3 aromatic rings. The number of piperidine rings is 2. The number of fused-ring (bicyclic) bond motifs is 1. The van der Waals surface area contributed by atoms with Crippen molar-refractivity contribution in [2.45, 2.75) is 160 Å².